The highest BCUT2D eigenvalue weighted by Crippen LogP contribution is 2.13. The first-order valence-corrected chi connectivity index (χ1v) is 4.77. The van der Waals surface area contributed by atoms with Crippen LogP contribution in [0, 0.1) is 5.82 Å². The van der Waals surface area contributed by atoms with Gasteiger partial charge in [-0.25, -0.2) is 9.37 Å². The number of halogens is 1. The van der Waals surface area contributed by atoms with Crippen molar-refractivity contribution < 1.29 is 14.3 Å². The molecule has 0 aliphatic rings. The smallest absolute Gasteiger partial charge is 0.256 e. The molecule has 3 N–H and O–H groups in total. The van der Waals surface area contributed by atoms with Crippen LogP contribution in [0.25, 0.3) is 0 Å². The Hall–Kier alpha value is -1.69. The Bertz CT molecular complexity index is 396. The van der Waals surface area contributed by atoms with E-state index >= 15 is 0 Å². The Balaban J connectivity index is 2.92. The topological polar surface area (TPSA) is 79.5 Å². The van der Waals surface area contributed by atoms with E-state index in [0.717, 1.165) is 0 Å². The Morgan fingerprint density at radius 2 is 2.38 bits per heavy atom. The molecule has 0 fully saturated rings. The Labute approximate surface area is 92.7 Å². The summed E-state index contributed by atoms with van der Waals surface area (Å²) in [5, 5.41) is 9.12. The molecule has 0 aliphatic heterocycles. The van der Waals surface area contributed by atoms with E-state index in [0.29, 0.717) is 0 Å². The third-order valence-corrected chi connectivity index (χ3v) is 2.03. The summed E-state index contributed by atoms with van der Waals surface area (Å²) in [5.41, 5.74) is 5.11. The van der Waals surface area contributed by atoms with Crippen LogP contribution in [0.3, 0.4) is 0 Å². The molecule has 0 aromatic carbocycles. The number of hydrogen-bond acceptors (Lipinski definition) is 4. The predicted molar refractivity (Wildman–Crippen MR) is 57.2 cm³/mol. The summed E-state index contributed by atoms with van der Waals surface area (Å²) in [6.45, 7) is 1.67. The summed E-state index contributed by atoms with van der Waals surface area (Å²) in [6.07, 6.45) is 0.596. The average Bonchev–Trinajstić information content (AvgIpc) is 2.20. The number of hydrogen-bond donors (Lipinski definition) is 2. The zero-order valence-corrected chi connectivity index (χ0v) is 9.14. The molecule has 1 aromatic rings. The number of nitrogens with zero attached hydrogens (tertiary/aromatic N) is 2. The molecule has 0 aliphatic carbocycles. The highest BCUT2D eigenvalue weighted by molar-refractivity contribution is 5.94. The number of pyridine rings is 1. The van der Waals surface area contributed by atoms with Gasteiger partial charge in [0.25, 0.3) is 5.91 Å². The van der Waals surface area contributed by atoms with Crippen LogP contribution in [0.15, 0.2) is 12.3 Å². The molecule has 1 rings (SSSR count). The molecule has 1 unspecified atom stereocenters. The number of nitrogens with two attached hydrogens (primary N) is 1. The van der Waals surface area contributed by atoms with E-state index < -0.39 is 17.8 Å². The zero-order chi connectivity index (χ0) is 12.3. The molecule has 0 saturated heterocycles. The Morgan fingerprint density at radius 1 is 1.75 bits per heavy atom. The first-order valence-electron chi connectivity index (χ1n) is 4.77. The normalized spacial score (nSPS) is 12.2. The van der Waals surface area contributed by atoms with E-state index in [1.165, 1.54) is 24.2 Å². The number of aliphatic hydroxyl groups excluding tert-OH is 1. The number of nitrogen functional groups attached to an aromatic ring is 1. The standard InChI is InChI=1S/C10H14FN3O2/c1-6(15)5-14(2)10(16)7-3-4-13-9(12)8(7)11/h3-4,6,15H,5H2,1-2H3,(H2,12,13). The predicted octanol–water partition coefficient (Wildman–Crippen LogP) is 0.256. The van der Waals surface area contributed by atoms with E-state index in [1.807, 2.05) is 0 Å². The molecule has 0 saturated carbocycles. The first kappa shape index (κ1) is 12.4. The van der Waals surface area contributed by atoms with Crippen molar-refractivity contribution in [3.05, 3.63) is 23.6 Å². The average molecular weight is 227 g/mol. The van der Waals surface area contributed by atoms with Gasteiger partial charge in [0.05, 0.1) is 11.7 Å². The number of aromatic nitrogens is 1. The van der Waals surface area contributed by atoms with Gasteiger partial charge >= 0.3 is 0 Å². The van der Waals surface area contributed by atoms with Crippen molar-refractivity contribution in [1.29, 1.82) is 0 Å². The van der Waals surface area contributed by atoms with Crippen molar-refractivity contribution in [2.75, 3.05) is 19.3 Å². The molecule has 1 atom stereocenters. The van der Waals surface area contributed by atoms with Crippen LogP contribution in [0.2, 0.25) is 0 Å². The fourth-order valence-electron chi connectivity index (χ4n) is 1.31. The zero-order valence-electron chi connectivity index (χ0n) is 9.14. The minimum Gasteiger partial charge on any atom is -0.392 e. The first-order chi connectivity index (χ1) is 7.43. The number of carbonyl (C=O) groups excluding carboxylic acids is 1. The van der Waals surface area contributed by atoms with Gasteiger partial charge in [0.15, 0.2) is 11.6 Å². The molecule has 1 aromatic heterocycles. The lowest BCUT2D eigenvalue weighted by Crippen LogP contribution is -2.33. The minimum atomic E-state index is -0.829. The van der Waals surface area contributed by atoms with Crippen LogP contribution in [0.5, 0.6) is 0 Å². The monoisotopic (exact) mass is 227 g/mol. The van der Waals surface area contributed by atoms with Crippen molar-refractivity contribution in [2.24, 2.45) is 0 Å². The number of rotatable bonds is 3. The molecule has 0 bridgehead atoms. The third-order valence-electron chi connectivity index (χ3n) is 2.03. The quantitative estimate of drug-likeness (QED) is 0.776. The third kappa shape index (κ3) is 2.66. The largest absolute Gasteiger partial charge is 0.392 e. The molecule has 16 heavy (non-hydrogen) atoms. The van der Waals surface area contributed by atoms with Gasteiger partial charge in [0.2, 0.25) is 0 Å². The van der Waals surface area contributed by atoms with Gasteiger partial charge < -0.3 is 15.7 Å². The second-order valence-electron chi connectivity index (χ2n) is 3.59. The summed E-state index contributed by atoms with van der Waals surface area (Å²) in [6, 6.07) is 1.26. The van der Waals surface area contributed by atoms with E-state index in [2.05, 4.69) is 4.98 Å². The minimum absolute atomic E-state index is 0.125. The van der Waals surface area contributed by atoms with Gasteiger partial charge in [-0.05, 0) is 13.0 Å². The van der Waals surface area contributed by atoms with E-state index in [1.54, 1.807) is 6.92 Å². The van der Waals surface area contributed by atoms with E-state index in [-0.39, 0.29) is 17.9 Å². The van der Waals surface area contributed by atoms with Gasteiger partial charge in [-0.3, -0.25) is 4.79 Å². The summed E-state index contributed by atoms with van der Waals surface area (Å²) in [7, 11) is 1.48. The lowest BCUT2D eigenvalue weighted by Gasteiger charge is -2.19. The summed E-state index contributed by atoms with van der Waals surface area (Å²) < 4.78 is 13.5. The highest BCUT2D eigenvalue weighted by atomic mass is 19.1. The maximum atomic E-state index is 13.5. The van der Waals surface area contributed by atoms with Gasteiger partial charge in [0.1, 0.15) is 0 Å². The molecule has 5 nitrogen and oxygen atoms in total. The summed E-state index contributed by atoms with van der Waals surface area (Å²) in [4.78, 5) is 16.5. The van der Waals surface area contributed by atoms with Crippen LogP contribution in [0.1, 0.15) is 17.3 Å². The van der Waals surface area contributed by atoms with Gasteiger partial charge in [0, 0.05) is 19.8 Å². The second kappa shape index (κ2) is 4.89. The van der Waals surface area contributed by atoms with Crippen LogP contribution >= 0.6 is 0 Å². The van der Waals surface area contributed by atoms with Crippen molar-refractivity contribution in [3.63, 3.8) is 0 Å². The molecular formula is C10H14FN3O2. The molecule has 88 valence electrons. The molecule has 1 amide bonds. The Kier molecular flexibility index (Phi) is 3.78. The van der Waals surface area contributed by atoms with Crippen LogP contribution in [-0.4, -0.2) is 40.6 Å². The number of likely N-dealkylation sites (N-methyl/N-ethyl adjacent to an activating group) is 1. The van der Waals surface area contributed by atoms with Gasteiger partial charge in [-0.2, -0.15) is 0 Å². The van der Waals surface area contributed by atoms with Crippen molar-refractivity contribution in [3.8, 4) is 0 Å². The molecule has 6 heteroatoms. The van der Waals surface area contributed by atoms with Crippen molar-refractivity contribution in [2.45, 2.75) is 13.0 Å². The SMILES string of the molecule is CC(O)CN(C)C(=O)c1ccnc(N)c1F. The summed E-state index contributed by atoms with van der Waals surface area (Å²) in [5.74, 6) is -1.67. The lowest BCUT2D eigenvalue weighted by atomic mass is 10.2. The second-order valence-corrected chi connectivity index (χ2v) is 3.59. The highest BCUT2D eigenvalue weighted by Gasteiger charge is 2.18. The van der Waals surface area contributed by atoms with Crippen LogP contribution in [-0.2, 0) is 0 Å². The lowest BCUT2D eigenvalue weighted by molar-refractivity contribution is 0.0699. The number of carbonyl (C=O) groups is 1. The molecule has 1 heterocycles. The molecule has 0 spiro atoms. The fraction of sp³-hybridized carbons (Fsp3) is 0.400. The fourth-order valence-corrected chi connectivity index (χ4v) is 1.31. The summed E-state index contributed by atoms with van der Waals surface area (Å²) >= 11 is 0. The molecule has 0 radical (unpaired) electrons. The van der Waals surface area contributed by atoms with Gasteiger partial charge in [-0.1, -0.05) is 0 Å². The Morgan fingerprint density at radius 3 is 2.94 bits per heavy atom. The van der Waals surface area contributed by atoms with Crippen LogP contribution < -0.4 is 5.73 Å². The van der Waals surface area contributed by atoms with Gasteiger partial charge in [-0.15, -0.1) is 0 Å². The van der Waals surface area contributed by atoms with E-state index in [9.17, 15) is 9.18 Å². The van der Waals surface area contributed by atoms with Crippen molar-refractivity contribution >= 4 is 11.7 Å². The molecular weight excluding hydrogens is 213 g/mol. The number of amides is 1. The van der Waals surface area contributed by atoms with Crippen LogP contribution in [0.4, 0.5) is 10.2 Å². The maximum Gasteiger partial charge on any atom is 0.256 e. The number of anilines is 1. The number of aliphatic hydroxyl groups is 1. The maximum absolute atomic E-state index is 13.5. The van der Waals surface area contributed by atoms with Crippen molar-refractivity contribution in [1.82, 2.24) is 9.88 Å². The van der Waals surface area contributed by atoms with E-state index in [4.69, 9.17) is 10.8 Å².